The molecule has 0 N–H and O–H groups in total. The highest BCUT2D eigenvalue weighted by atomic mass is 16.5. The number of hydrogen-bond acceptors (Lipinski definition) is 5. The molecule has 1 aliphatic heterocycles. The Morgan fingerprint density at radius 3 is 2.61 bits per heavy atom. The Balaban J connectivity index is 1.53. The van der Waals surface area contributed by atoms with Gasteiger partial charge in [-0.15, -0.1) is 0 Å². The predicted octanol–water partition coefficient (Wildman–Crippen LogP) is 4.75. The van der Waals surface area contributed by atoms with Gasteiger partial charge in [0.2, 0.25) is 0 Å². The van der Waals surface area contributed by atoms with E-state index in [9.17, 15) is 4.79 Å². The number of rotatable bonds is 4. The van der Waals surface area contributed by atoms with Crippen LogP contribution in [-0.4, -0.2) is 16.6 Å². The number of fused-ring (bicyclic) bond motifs is 2. The van der Waals surface area contributed by atoms with Gasteiger partial charge in [-0.25, -0.2) is 4.79 Å². The topological polar surface area (TPSA) is 55.6 Å². The van der Waals surface area contributed by atoms with Crippen LogP contribution in [0.1, 0.15) is 33.5 Å². The Hall–Kier alpha value is -3.44. The summed E-state index contributed by atoms with van der Waals surface area (Å²) < 4.78 is 11.9. The van der Waals surface area contributed by atoms with E-state index in [0.29, 0.717) is 24.3 Å². The molecule has 3 heterocycles. The SMILES string of the molecule is Cc1c(Cc2ccccc2)c(=O)oc2c(C)c3c(cc12)CN(Cc1ccccn1)CO3. The Bertz CT molecular complexity index is 1300. The molecule has 5 rings (SSSR count). The van der Waals surface area contributed by atoms with Gasteiger partial charge in [0.05, 0.1) is 5.69 Å². The predicted molar refractivity (Wildman–Crippen MR) is 120 cm³/mol. The fourth-order valence-electron chi connectivity index (χ4n) is 4.32. The summed E-state index contributed by atoms with van der Waals surface area (Å²) >= 11 is 0. The first kappa shape index (κ1) is 19.5. The van der Waals surface area contributed by atoms with E-state index in [4.69, 9.17) is 9.15 Å². The van der Waals surface area contributed by atoms with Gasteiger partial charge < -0.3 is 9.15 Å². The Kier molecular flexibility index (Phi) is 5.04. The van der Waals surface area contributed by atoms with Crippen LogP contribution in [0.5, 0.6) is 5.75 Å². The number of pyridine rings is 1. The highest BCUT2D eigenvalue weighted by Crippen LogP contribution is 2.36. The number of hydrogen-bond donors (Lipinski definition) is 0. The molecule has 0 amide bonds. The van der Waals surface area contributed by atoms with Crippen molar-refractivity contribution in [3.8, 4) is 5.75 Å². The lowest BCUT2D eigenvalue weighted by Gasteiger charge is -2.30. The molecule has 2 aromatic carbocycles. The molecule has 0 saturated carbocycles. The minimum atomic E-state index is -0.274. The van der Waals surface area contributed by atoms with E-state index < -0.39 is 0 Å². The first-order chi connectivity index (χ1) is 15.1. The Morgan fingerprint density at radius 1 is 1.03 bits per heavy atom. The van der Waals surface area contributed by atoms with Crippen molar-refractivity contribution in [1.82, 2.24) is 9.88 Å². The molecule has 4 aromatic rings. The molecule has 5 heteroatoms. The molecule has 2 aromatic heterocycles. The first-order valence-corrected chi connectivity index (χ1v) is 10.5. The molecule has 0 radical (unpaired) electrons. The van der Waals surface area contributed by atoms with Gasteiger partial charge in [0, 0.05) is 47.8 Å². The molecule has 0 aliphatic carbocycles. The van der Waals surface area contributed by atoms with Crippen LogP contribution in [0, 0.1) is 13.8 Å². The van der Waals surface area contributed by atoms with E-state index in [1.54, 1.807) is 0 Å². The van der Waals surface area contributed by atoms with Crippen molar-refractivity contribution in [3.63, 3.8) is 0 Å². The number of aryl methyl sites for hydroxylation is 2. The van der Waals surface area contributed by atoms with Crippen LogP contribution in [0.3, 0.4) is 0 Å². The maximum absolute atomic E-state index is 12.8. The number of nitrogens with zero attached hydrogens (tertiary/aromatic N) is 2. The first-order valence-electron chi connectivity index (χ1n) is 10.5. The minimum Gasteiger partial charge on any atom is -0.477 e. The second-order valence-corrected chi connectivity index (χ2v) is 8.10. The van der Waals surface area contributed by atoms with E-state index in [-0.39, 0.29) is 5.63 Å². The van der Waals surface area contributed by atoms with Crippen LogP contribution >= 0.6 is 0 Å². The van der Waals surface area contributed by atoms with Gasteiger partial charge in [-0.1, -0.05) is 36.4 Å². The summed E-state index contributed by atoms with van der Waals surface area (Å²) in [5.41, 5.74) is 6.13. The van der Waals surface area contributed by atoms with Crippen LogP contribution in [0.25, 0.3) is 11.0 Å². The molecule has 1 aliphatic rings. The highest BCUT2D eigenvalue weighted by Gasteiger charge is 2.24. The largest absolute Gasteiger partial charge is 0.477 e. The van der Waals surface area contributed by atoms with E-state index >= 15 is 0 Å². The third kappa shape index (κ3) is 3.73. The van der Waals surface area contributed by atoms with Crippen LogP contribution < -0.4 is 10.4 Å². The number of aromatic nitrogens is 1. The Morgan fingerprint density at radius 2 is 1.84 bits per heavy atom. The summed E-state index contributed by atoms with van der Waals surface area (Å²) in [6, 6.07) is 18.1. The van der Waals surface area contributed by atoms with E-state index in [1.807, 2.05) is 68.6 Å². The zero-order valence-electron chi connectivity index (χ0n) is 17.7. The van der Waals surface area contributed by atoms with Crippen molar-refractivity contribution >= 4 is 11.0 Å². The van der Waals surface area contributed by atoms with E-state index in [0.717, 1.165) is 52.2 Å². The smallest absolute Gasteiger partial charge is 0.340 e. The average Bonchev–Trinajstić information content (AvgIpc) is 2.79. The van der Waals surface area contributed by atoms with Gasteiger partial charge in [0.15, 0.2) is 0 Å². The lowest BCUT2D eigenvalue weighted by Crippen LogP contribution is -2.32. The summed E-state index contributed by atoms with van der Waals surface area (Å²) in [5, 5.41) is 0.977. The fraction of sp³-hybridized carbons (Fsp3) is 0.231. The van der Waals surface area contributed by atoms with Crippen molar-refractivity contribution in [3.05, 3.63) is 105 Å². The molecule has 0 bridgehead atoms. The van der Waals surface area contributed by atoms with E-state index in [1.165, 1.54) is 0 Å². The van der Waals surface area contributed by atoms with Crippen LogP contribution in [0.4, 0.5) is 0 Å². The molecular formula is C26H24N2O3. The summed E-state index contributed by atoms with van der Waals surface area (Å²) in [6.07, 6.45) is 2.37. The normalized spacial score (nSPS) is 13.7. The van der Waals surface area contributed by atoms with Crippen molar-refractivity contribution in [2.24, 2.45) is 0 Å². The lowest BCUT2D eigenvalue weighted by atomic mass is 9.96. The standard InChI is InChI=1S/C26H24N2O3/c1-17-22-13-20-14-28(15-21-10-6-7-11-27-21)16-30-24(20)18(2)25(22)31-26(29)23(17)12-19-8-4-3-5-9-19/h3-11,13H,12,14-16H2,1-2H3. The second kappa shape index (κ2) is 8.00. The van der Waals surface area contributed by atoms with Gasteiger partial charge in [-0.05, 0) is 43.2 Å². The summed E-state index contributed by atoms with van der Waals surface area (Å²) in [4.78, 5) is 19.5. The molecule has 156 valence electrons. The molecule has 0 saturated heterocycles. The second-order valence-electron chi connectivity index (χ2n) is 8.10. The fourth-order valence-corrected chi connectivity index (χ4v) is 4.32. The zero-order valence-corrected chi connectivity index (χ0v) is 17.7. The van der Waals surface area contributed by atoms with Gasteiger partial charge in [-0.2, -0.15) is 0 Å². The Labute approximate surface area is 180 Å². The van der Waals surface area contributed by atoms with Gasteiger partial charge in [0.1, 0.15) is 18.1 Å². The average molecular weight is 412 g/mol. The molecule has 0 fully saturated rings. The summed E-state index contributed by atoms with van der Waals surface area (Å²) in [7, 11) is 0. The van der Waals surface area contributed by atoms with Crippen molar-refractivity contribution < 1.29 is 9.15 Å². The van der Waals surface area contributed by atoms with Gasteiger partial charge in [0.25, 0.3) is 0 Å². The molecule has 0 unspecified atom stereocenters. The van der Waals surface area contributed by atoms with Crippen molar-refractivity contribution in [2.75, 3.05) is 6.73 Å². The van der Waals surface area contributed by atoms with Crippen LogP contribution in [0.15, 0.2) is 70.0 Å². The van der Waals surface area contributed by atoms with Gasteiger partial charge >= 0.3 is 5.63 Å². The third-order valence-corrected chi connectivity index (χ3v) is 5.95. The zero-order chi connectivity index (χ0) is 21.4. The lowest BCUT2D eigenvalue weighted by molar-refractivity contribution is 0.0870. The molecule has 0 spiro atoms. The molecule has 5 nitrogen and oxygen atoms in total. The monoisotopic (exact) mass is 412 g/mol. The van der Waals surface area contributed by atoms with Crippen LogP contribution in [0.2, 0.25) is 0 Å². The number of ether oxygens (including phenoxy) is 1. The quantitative estimate of drug-likeness (QED) is 0.453. The maximum atomic E-state index is 12.8. The third-order valence-electron chi connectivity index (χ3n) is 5.95. The van der Waals surface area contributed by atoms with Crippen molar-refractivity contribution in [2.45, 2.75) is 33.4 Å². The highest BCUT2D eigenvalue weighted by molar-refractivity contribution is 5.87. The van der Waals surface area contributed by atoms with Gasteiger partial charge in [-0.3, -0.25) is 9.88 Å². The number of benzene rings is 2. The minimum absolute atomic E-state index is 0.274. The molecule has 0 atom stereocenters. The van der Waals surface area contributed by atoms with Crippen molar-refractivity contribution in [1.29, 1.82) is 0 Å². The molecule has 31 heavy (non-hydrogen) atoms. The molecular weight excluding hydrogens is 388 g/mol. The summed E-state index contributed by atoms with van der Waals surface area (Å²) in [5.74, 6) is 0.822. The maximum Gasteiger partial charge on any atom is 0.340 e. The van der Waals surface area contributed by atoms with E-state index in [2.05, 4.69) is 16.0 Å². The van der Waals surface area contributed by atoms with Crippen LogP contribution in [-0.2, 0) is 19.5 Å². The summed E-state index contributed by atoms with van der Waals surface area (Å²) in [6.45, 7) is 5.94.